The number of hydrogen-bond donors (Lipinski definition) is 0. The van der Waals surface area contributed by atoms with Crippen molar-refractivity contribution < 1.29 is 41.5 Å². The van der Waals surface area contributed by atoms with Crippen LogP contribution >= 0.6 is 0 Å². The molecule has 0 spiro atoms. The number of hydrogen-bond acceptors (Lipinski definition) is 7. The molecule has 1 heterocycles. The number of carboxylic acids is 1. The number of benzene rings is 2. The van der Waals surface area contributed by atoms with Crippen molar-refractivity contribution in [1.82, 2.24) is 0 Å². The molecule has 7 nitrogen and oxygen atoms in total. The summed E-state index contributed by atoms with van der Waals surface area (Å²) in [6.45, 7) is 7.99. The van der Waals surface area contributed by atoms with Crippen molar-refractivity contribution in [2.45, 2.75) is 33.7 Å². The van der Waals surface area contributed by atoms with Gasteiger partial charge in [0, 0.05) is 12.2 Å². The first-order valence-electron chi connectivity index (χ1n) is 9.49. The van der Waals surface area contributed by atoms with Crippen LogP contribution in [0.25, 0.3) is 0 Å². The molecule has 3 rings (SSSR count). The molecule has 0 aromatic heterocycles. The second-order valence-electron chi connectivity index (χ2n) is 7.77. The second-order valence-corrected chi connectivity index (χ2v) is 7.77. The third-order valence-corrected chi connectivity index (χ3v) is 4.36. The zero-order valence-electron chi connectivity index (χ0n) is 18.1. The summed E-state index contributed by atoms with van der Waals surface area (Å²) in [7, 11) is 1.48. The Hall–Kier alpha value is -2.83. The quantitative estimate of drug-likeness (QED) is 0.500. The number of aliphatic carboxylic acids is 1. The number of carboxylic acid groups (broad SMARTS) is 1. The van der Waals surface area contributed by atoms with Crippen LogP contribution in [0.3, 0.4) is 0 Å². The van der Waals surface area contributed by atoms with Gasteiger partial charge in [-0.2, -0.15) is 0 Å². The predicted octanol–water partition coefficient (Wildman–Crippen LogP) is 2.46. The van der Waals surface area contributed by atoms with Crippen LogP contribution in [0.5, 0.6) is 11.5 Å². The Morgan fingerprint density at radius 1 is 1.23 bits per heavy atom. The molecule has 0 unspecified atom stereocenters. The first-order valence-corrected chi connectivity index (χ1v) is 9.49. The van der Waals surface area contributed by atoms with Gasteiger partial charge in [0.25, 0.3) is 0 Å². The molecule has 31 heavy (non-hydrogen) atoms. The van der Waals surface area contributed by atoms with Gasteiger partial charge in [-0.1, -0.05) is 50.8 Å². The fraction of sp³-hybridized carbons (Fsp3) is 0.348. The van der Waals surface area contributed by atoms with Gasteiger partial charge in [-0.25, -0.2) is 4.99 Å². The third-order valence-electron chi connectivity index (χ3n) is 4.36. The van der Waals surface area contributed by atoms with Crippen molar-refractivity contribution in [2.75, 3.05) is 13.7 Å². The maximum Gasteiger partial charge on any atom is 2.00 e. The molecule has 0 saturated heterocycles. The normalized spacial score (nSPS) is 15.3. The van der Waals surface area contributed by atoms with Crippen LogP contribution in [0.1, 0.15) is 38.8 Å². The Labute approximate surface area is 193 Å². The zero-order valence-corrected chi connectivity index (χ0v) is 19.1. The van der Waals surface area contributed by atoms with Gasteiger partial charge >= 0.3 is 17.1 Å². The zero-order chi connectivity index (χ0) is 22.3. The minimum absolute atomic E-state index is 0. The molecule has 1 aliphatic rings. The van der Waals surface area contributed by atoms with Gasteiger partial charge in [0.15, 0.2) is 0 Å². The molecular formula is C23H26CuN2O5. The minimum atomic E-state index is -1.08. The van der Waals surface area contributed by atoms with Gasteiger partial charge in [0.2, 0.25) is 5.90 Å². The number of ether oxygens (including phenoxy) is 2. The van der Waals surface area contributed by atoms with Crippen LogP contribution in [0.4, 0.5) is 5.69 Å². The third kappa shape index (κ3) is 7.42. The van der Waals surface area contributed by atoms with E-state index < -0.39 is 5.97 Å². The Balaban J connectivity index is 0.000000885. The average molecular weight is 474 g/mol. The Kier molecular flexibility index (Phi) is 9.75. The number of carbonyl (C=O) groups is 1. The van der Waals surface area contributed by atoms with Gasteiger partial charge in [-0.15, -0.1) is 0 Å². The van der Waals surface area contributed by atoms with Crippen LogP contribution in [-0.4, -0.2) is 37.8 Å². The van der Waals surface area contributed by atoms with Gasteiger partial charge in [0.1, 0.15) is 12.4 Å². The first kappa shape index (κ1) is 26.2. The number of aliphatic imine (C=N–C) groups is 2. The van der Waals surface area contributed by atoms with Crippen molar-refractivity contribution in [2.24, 2.45) is 15.4 Å². The van der Waals surface area contributed by atoms with E-state index in [-0.39, 0.29) is 34.3 Å². The summed E-state index contributed by atoms with van der Waals surface area (Å²) in [6.07, 6.45) is 1.56. The molecule has 8 heteroatoms. The van der Waals surface area contributed by atoms with Gasteiger partial charge < -0.3 is 24.5 Å². The van der Waals surface area contributed by atoms with Crippen LogP contribution in [0, 0.1) is 5.41 Å². The summed E-state index contributed by atoms with van der Waals surface area (Å²) in [6, 6.07) is 12.9. The molecule has 2 aromatic carbocycles. The van der Waals surface area contributed by atoms with Crippen molar-refractivity contribution in [1.29, 1.82) is 0 Å². The number of carbonyl (C=O) groups excluding carboxylic acids is 1. The van der Waals surface area contributed by atoms with E-state index in [0.717, 1.165) is 12.5 Å². The molecule has 1 atom stereocenters. The number of rotatable bonds is 4. The number of nitrogens with zero attached hydrogens (tertiary/aromatic N) is 2. The fourth-order valence-corrected chi connectivity index (χ4v) is 2.67. The molecule has 1 aliphatic heterocycles. The SMILES string of the molecule is CC(=O)[O-].COc1cccc(C=Nc2ccccc2C2=N[C@@H](C(C)(C)C)CO2)c1[O-].[Cu+2]. The van der Waals surface area contributed by atoms with Crippen molar-refractivity contribution in [3.05, 3.63) is 53.6 Å². The summed E-state index contributed by atoms with van der Waals surface area (Å²) in [5.74, 6) is -0.358. The Morgan fingerprint density at radius 2 is 1.87 bits per heavy atom. The molecule has 0 aliphatic carbocycles. The van der Waals surface area contributed by atoms with E-state index in [1.165, 1.54) is 7.11 Å². The van der Waals surface area contributed by atoms with Crippen molar-refractivity contribution in [3.8, 4) is 11.5 Å². The largest absolute Gasteiger partial charge is 2.00 e. The molecule has 0 N–H and O–H groups in total. The monoisotopic (exact) mass is 473 g/mol. The second kappa shape index (κ2) is 11.5. The molecule has 1 radical (unpaired) electrons. The van der Waals surface area contributed by atoms with E-state index in [2.05, 4.69) is 25.8 Å². The molecule has 2 aromatic rings. The van der Waals surface area contributed by atoms with E-state index in [4.69, 9.17) is 24.4 Å². The van der Waals surface area contributed by atoms with Crippen LogP contribution in [-0.2, 0) is 26.6 Å². The molecule has 169 valence electrons. The van der Waals surface area contributed by atoms with E-state index in [1.807, 2.05) is 24.3 Å². The molecule has 0 bridgehead atoms. The molecular weight excluding hydrogens is 448 g/mol. The topological polar surface area (TPSA) is 106 Å². The Morgan fingerprint density at radius 3 is 2.45 bits per heavy atom. The maximum atomic E-state index is 12.3. The first-order chi connectivity index (χ1) is 14.1. The summed E-state index contributed by atoms with van der Waals surface area (Å²) >= 11 is 0. The van der Waals surface area contributed by atoms with Crippen molar-refractivity contribution >= 4 is 23.8 Å². The van der Waals surface area contributed by atoms with E-state index in [0.29, 0.717) is 29.5 Å². The van der Waals surface area contributed by atoms with Crippen LogP contribution in [0.15, 0.2) is 52.4 Å². The number of para-hydroxylation sites is 2. The van der Waals surface area contributed by atoms with Crippen molar-refractivity contribution in [3.63, 3.8) is 0 Å². The molecule has 0 saturated carbocycles. The molecule has 0 amide bonds. The summed E-state index contributed by atoms with van der Waals surface area (Å²) in [5.41, 5.74) is 2.05. The van der Waals surface area contributed by atoms with Gasteiger partial charge in [-0.3, -0.25) is 4.99 Å². The van der Waals surface area contributed by atoms with Gasteiger partial charge in [0.05, 0.1) is 24.4 Å². The van der Waals surface area contributed by atoms with Crippen LogP contribution < -0.4 is 14.9 Å². The van der Waals surface area contributed by atoms with E-state index in [9.17, 15) is 5.11 Å². The summed E-state index contributed by atoms with van der Waals surface area (Å²) in [5, 5.41) is 21.1. The smallest absolute Gasteiger partial charge is 0.870 e. The van der Waals surface area contributed by atoms with E-state index in [1.54, 1.807) is 24.4 Å². The Bertz CT molecular complexity index is 947. The fourth-order valence-electron chi connectivity index (χ4n) is 2.67. The number of methoxy groups -OCH3 is 1. The predicted molar refractivity (Wildman–Crippen MR) is 113 cm³/mol. The van der Waals surface area contributed by atoms with Gasteiger partial charge in [-0.05, 0) is 36.1 Å². The summed E-state index contributed by atoms with van der Waals surface area (Å²) < 4.78 is 10.9. The molecule has 0 fully saturated rings. The standard InChI is InChI=1S/C21H24N2O3.C2H4O2.Cu/c1-21(2,3)18-13-26-20(23-18)15-9-5-6-10-16(15)22-12-14-8-7-11-17(25-4)19(14)24;1-2(3)4;/h5-12,18,24H,13H2,1-4H3;1H3,(H,3,4);/q;;+2/p-2/t18-;;/m1../s1. The maximum absolute atomic E-state index is 12.3. The summed E-state index contributed by atoms with van der Waals surface area (Å²) in [4.78, 5) is 18.1. The average Bonchev–Trinajstić information content (AvgIpc) is 3.17. The van der Waals surface area contributed by atoms with E-state index >= 15 is 0 Å². The minimum Gasteiger partial charge on any atom is -0.870 e. The van der Waals surface area contributed by atoms with Crippen LogP contribution in [0.2, 0.25) is 0 Å².